The van der Waals surface area contributed by atoms with Crippen LogP contribution in [0.1, 0.15) is 54.8 Å². The molecular weight excluding hydrogens is 514 g/mol. The summed E-state index contributed by atoms with van der Waals surface area (Å²) in [5.41, 5.74) is 1.64. The highest BCUT2D eigenvalue weighted by Crippen LogP contribution is 2.33. The fourth-order valence-corrected chi connectivity index (χ4v) is 4.50. The third-order valence-electron chi connectivity index (χ3n) is 5.08. The van der Waals surface area contributed by atoms with Gasteiger partial charge in [-0.15, -0.1) is 11.3 Å². The van der Waals surface area contributed by atoms with E-state index in [-0.39, 0.29) is 26.3 Å². The van der Waals surface area contributed by atoms with Gasteiger partial charge in [-0.25, -0.2) is 14.2 Å². The van der Waals surface area contributed by atoms with E-state index in [0.717, 1.165) is 17.8 Å². The lowest BCUT2D eigenvalue weighted by atomic mass is 10.0. The van der Waals surface area contributed by atoms with Crippen LogP contribution >= 0.6 is 34.5 Å². The van der Waals surface area contributed by atoms with E-state index in [9.17, 15) is 9.59 Å². The van der Waals surface area contributed by atoms with Crippen LogP contribution in [0, 0.1) is 5.82 Å². The van der Waals surface area contributed by atoms with Crippen molar-refractivity contribution in [2.45, 2.75) is 33.3 Å². The smallest absolute Gasteiger partial charge is 0.331 e. The first kappa shape index (κ1) is 26.8. The predicted molar refractivity (Wildman–Crippen MR) is 138 cm³/mol. The Labute approximate surface area is 216 Å². The minimum atomic E-state index is -1.11. The zero-order valence-corrected chi connectivity index (χ0v) is 21.5. The molecule has 2 aromatic carbocycles. The van der Waals surface area contributed by atoms with Crippen molar-refractivity contribution in [3.05, 3.63) is 73.8 Å². The molecule has 0 aliphatic carbocycles. The zero-order valence-electron chi connectivity index (χ0n) is 19.2. The van der Waals surface area contributed by atoms with E-state index in [0.29, 0.717) is 29.0 Å². The third kappa shape index (κ3) is 6.46. The molecule has 1 aromatic heterocycles. The number of carboxylic acids is 1. The number of carbonyl (C=O) groups excluding carboxylic acids is 1. The molecule has 1 atom stereocenters. The van der Waals surface area contributed by atoms with Crippen LogP contribution in [0.4, 0.5) is 9.52 Å². The van der Waals surface area contributed by atoms with Crippen LogP contribution in [0.5, 0.6) is 0 Å². The number of benzene rings is 2. The lowest BCUT2D eigenvalue weighted by Crippen LogP contribution is -2.12. The molecule has 0 fully saturated rings. The van der Waals surface area contributed by atoms with Crippen LogP contribution in [-0.4, -0.2) is 28.6 Å². The quantitative estimate of drug-likeness (QED) is 0.276. The number of carboxylic acid groups (broad SMARTS) is 1. The van der Waals surface area contributed by atoms with Crippen molar-refractivity contribution >= 4 is 57.6 Å². The first-order valence-electron chi connectivity index (χ1n) is 10.7. The summed E-state index contributed by atoms with van der Waals surface area (Å²) >= 11 is 13.6. The second kappa shape index (κ2) is 11.8. The van der Waals surface area contributed by atoms with Crippen molar-refractivity contribution in [3.8, 4) is 11.3 Å². The van der Waals surface area contributed by atoms with Gasteiger partial charge in [0.2, 0.25) is 0 Å². The fraction of sp³-hybridized carbons (Fsp3) is 0.240. The number of aliphatic carboxylic acids is 1. The van der Waals surface area contributed by atoms with E-state index in [1.807, 2.05) is 6.92 Å². The van der Waals surface area contributed by atoms with Gasteiger partial charge >= 0.3 is 5.97 Å². The number of hydrogen-bond donors (Lipinski definition) is 2. The molecule has 184 valence electrons. The van der Waals surface area contributed by atoms with Crippen molar-refractivity contribution in [2.75, 3.05) is 11.9 Å². The number of nitrogens with one attached hydrogen (secondary N) is 1. The molecule has 0 saturated carbocycles. The highest BCUT2D eigenvalue weighted by Gasteiger charge is 2.19. The number of carbonyl (C=O) groups is 2. The van der Waals surface area contributed by atoms with E-state index < -0.39 is 23.8 Å². The molecule has 0 bridgehead atoms. The van der Waals surface area contributed by atoms with Crippen molar-refractivity contribution in [2.24, 2.45) is 0 Å². The van der Waals surface area contributed by atoms with Crippen molar-refractivity contribution < 1.29 is 23.8 Å². The molecule has 2 N–H and O–H groups in total. The van der Waals surface area contributed by atoms with Gasteiger partial charge in [0.05, 0.1) is 21.8 Å². The number of amides is 1. The molecule has 0 aliphatic heterocycles. The van der Waals surface area contributed by atoms with E-state index in [1.165, 1.54) is 25.1 Å². The maximum atomic E-state index is 15.2. The SMILES string of the molecule is CCCOC(C)c1cccc(-c2csc(NC(=O)c3cc(Cl)c(/C=C(\C)C(=O)O)c(Cl)c3)n2)c1F. The number of aromatic nitrogens is 1. The number of halogens is 3. The Morgan fingerprint density at radius 3 is 2.60 bits per heavy atom. The molecule has 0 spiro atoms. The Balaban J connectivity index is 1.81. The first-order valence-corrected chi connectivity index (χ1v) is 12.3. The summed E-state index contributed by atoms with van der Waals surface area (Å²) in [6.45, 7) is 5.72. The van der Waals surface area contributed by atoms with Crippen molar-refractivity contribution in [3.63, 3.8) is 0 Å². The summed E-state index contributed by atoms with van der Waals surface area (Å²) < 4.78 is 20.8. The van der Waals surface area contributed by atoms with Crippen LogP contribution in [0.25, 0.3) is 17.3 Å². The highest BCUT2D eigenvalue weighted by atomic mass is 35.5. The summed E-state index contributed by atoms with van der Waals surface area (Å²) in [5, 5.41) is 13.9. The molecule has 3 rings (SSSR count). The average Bonchev–Trinajstić information content (AvgIpc) is 3.27. The Hall–Kier alpha value is -2.78. The Kier molecular flexibility index (Phi) is 9.02. The Bertz CT molecular complexity index is 1270. The number of anilines is 1. The topological polar surface area (TPSA) is 88.5 Å². The Morgan fingerprint density at radius 1 is 1.29 bits per heavy atom. The maximum absolute atomic E-state index is 15.2. The molecule has 10 heteroatoms. The summed E-state index contributed by atoms with van der Waals surface area (Å²) in [6, 6.07) is 7.82. The van der Waals surface area contributed by atoms with Crippen LogP contribution in [0.15, 0.2) is 41.3 Å². The molecule has 1 heterocycles. The first-order chi connectivity index (χ1) is 16.6. The van der Waals surface area contributed by atoms with Gasteiger partial charge in [0.15, 0.2) is 5.13 Å². The fourth-order valence-electron chi connectivity index (χ4n) is 3.20. The van der Waals surface area contributed by atoms with Crippen LogP contribution in [0.3, 0.4) is 0 Å². The van der Waals surface area contributed by atoms with Gasteiger partial charge in [-0.1, -0.05) is 42.3 Å². The third-order valence-corrected chi connectivity index (χ3v) is 6.46. The van der Waals surface area contributed by atoms with E-state index in [1.54, 1.807) is 30.5 Å². The van der Waals surface area contributed by atoms with Gasteiger partial charge < -0.3 is 9.84 Å². The normalized spacial score (nSPS) is 12.5. The lowest BCUT2D eigenvalue weighted by molar-refractivity contribution is -0.132. The zero-order chi connectivity index (χ0) is 25.7. The van der Waals surface area contributed by atoms with Crippen LogP contribution in [0.2, 0.25) is 10.0 Å². The van der Waals surface area contributed by atoms with Gasteiger partial charge in [-0.3, -0.25) is 10.1 Å². The van der Waals surface area contributed by atoms with Crippen molar-refractivity contribution in [1.82, 2.24) is 4.98 Å². The largest absolute Gasteiger partial charge is 0.478 e. The molecule has 0 radical (unpaired) electrons. The second-order valence-electron chi connectivity index (χ2n) is 7.70. The summed E-state index contributed by atoms with van der Waals surface area (Å²) in [6.07, 6.45) is 1.76. The molecule has 1 amide bonds. The maximum Gasteiger partial charge on any atom is 0.331 e. The number of hydrogen-bond acceptors (Lipinski definition) is 5. The molecule has 6 nitrogen and oxygen atoms in total. The monoisotopic (exact) mass is 536 g/mol. The number of nitrogens with zero attached hydrogens (tertiary/aromatic N) is 1. The van der Waals surface area contributed by atoms with Gasteiger partial charge in [-0.2, -0.15) is 0 Å². The molecule has 0 saturated heterocycles. The molecule has 0 aliphatic rings. The van der Waals surface area contributed by atoms with Gasteiger partial charge in [0.1, 0.15) is 5.82 Å². The van der Waals surface area contributed by atoms with Crippen molar-refractivity contribution in [1.29, 1.82) is 0 Å². The minimum absolute atomic E-state index is 0.0453. The number of thiazole rings is 1. The molecule has 35 heavy (non-hydrogen) atoms. The minimum Gasteiger partial charge on any atom is -0.478 e. The summed E-state index contributed by atoms with van der Waals surface area (Å²) in [7, 11) is 0. The van der Waals surface area contributed by atoms with E-state index in [4.69, 9.17) is 33.0 Å². The summed E-state index contributed by atoms with van der Waals surface area (Å²) in [5.74, 6) is -2.04. The van der Waals surface area contributed by atoms with Crippen LogP contribution < -0.4 is 5.32 Å². The Morgan fingerprint density at radius 2 is 1.97 bits per heavy atom. The van der Waals surface area contributed by atoms with E-state index in [2.05, 4.69) is 10.3 Å². The molecular formula is C25H23Cl2FN2O4S. The van der Waals surface area contributed by atoms with Crippen LogP contribution in [-0.2, 0) is 9.53 Å². The average molecular weight is 537 g/mol. The second-order valence-corrected chi connectivity index (χ2v) is 9.37. The lowest BCUT2D eigenvalue weighted by Gasteiger charge is -2.15. The highest BCUT2D eigenvalue weighted by molar-refractivity contribution is 7.14. The standard InChI is InChI=1S/C25H23Cl2FN2O4S/c1-4-8-34-14(3)16-6-5-7-17(22(16)28)21-12-35-25(29-21)30-23(31)15-10-19(26)18(20(27)11-15)9-13(2)24(32)33/h5-7,9-12,14H,4,8H2,1-3H3,(H,32,33)(H,29,30,31)/b13-9+. The molecule has 1 unspecified atom stereocenters. The predicted octanol–water partition coefficient (Wildman–Crippen LogP) is 7.48. The van der Waals surface area contributed by atoms with Gasteiger partial charge in [0.25, 0.3) is 5.91 Å². The van der Waals surface area contributed by atoms with Gasteiger partial charge in [0, 0.05) is 39.8 Å². The molecule has 3 aromatic rings. The van der Waals surface area contributed by atoms with Gasteiger partial charge in [-0.05, 0) is 44.5 Å². The van der Waals surface area contributed by atoms with E-state index >= 15 is 4.39 Å². The number of ether oxygens (including phenoxy) is 1. The summed E-state index contributed by atoms with van der Waals surface area (Å²) in [4.78, 5) is 28.2. The number of rotatable bonds is 9.